The van der Waals surface area contributed by atoms with E-state index in [0.717, 1.165) is 0 Å². The van der Waals surface area contributed by atoms with Crippen LogP contribution in [0.15, 0.2) is 29.0 Å². The molecule has 7 heteroatoms. The highest BCUT2D eigenvalue weighted by Gasteiger charge is 2.12. The molecule has 0 unspecified atom stereocenters. The van der Waals surface area contributed by atoms with Crippen LogP contribution in [0.2, 0.25) is 0 Å². The van der Waals surface area contributed by atoms with Gasteiger partial charge in [-0.3, -0.25) is 15.6 Å². The topological polar surface area (TPSA) is 106 Å². The summed E-state index contributed by atoms with van der Waals surface area (Å²) in [5, 5.41) is 6.25. The van der Waals surface area contributed by atoms with E-state index in [4.69, 9.17) is 10.4 Å². The number of nitrogens with zero attached hydrogens (tertiary/aromatic N) is 2. The second-order valence-electron chi connectivity index (χ2n) is 3.34. The predicted octanol–water partition coefficient (Wildman–Crippen LogP) is 0.916. The third kappa shape index (κ3) is 2.40. The van der Waals surface area contributed by atoms with Crippen LogP contribution in [-0.4, -0.2) is 16.0 Å². The molecule has 1 amide bonds. The standard InChI is InChI=1S/C10H11N5O2/c1-6-4-9(15-17-6)13-10(16)7-2-3-12-5-8(7)14-11/h2-5,14H,11H2,1H3,(H,13,15,16). The second-order valence-corrected chi connectivity index (χ2v) is 3.34. The largest absolute Gasteiger partial charge is 0.360 e. The molecular weight excluding hydrogens is 222 g/mol. The van der Waals surface area contributed by atoms with Crippen molar-refractivity contribution < 1.29 is 9.32 Å². The summed E-state index contributed by atoms with van der Waals surface area (Å²) in [7, 11) is 0. The van der Waals surface area contributed by atoms with Crippen molar-refractivity contribution in [3.63, 3.8) is 0 Å². The van der Waals surface area contributed by atoms with Crippen LogP contribution < -0.4 is 16.6 Å². The first-order valence-electron chi connectivity index (χ1n) is 4.86. The number of carbonyl (C=O) groups is 1. The molecule has 0 saturated heterocycles. The molecular formula is C10H11N5O2. The van der Waals surface area contributed by atoms with Gasteiger partial charge in [-0.15, -0.1) is 0 Å². The van der Waals surface area contributed by atoms with E-state index in [1.54, 1.807) is 19.1 Å². The van der Waals surface area contributed by atoms with Crippen molar-refractivity contribution in [1.82, 2.24) is 10.1 Å². The van der Waals surface area contributed by atoms with E-state index in [1.807, 2.05) is 0 Å². The molecule has 0 spiro atoms. The molecule has 7 nitrogen and oxygen atoms in total. The van der Waals surface area contributed by atoms with E-state index in [1.165, 1.54) is 12.4 Å². The monoisotopic (exact) mass is 233 g/mol. The zero-order valence-electron chi connectivity index (χ0n) is 9.10. The molecule has 0 fully saturated rings. The van der Waals surface area contributed by atoms with E-state index >= 15 is 0 Å². The Morgan fingerprint density at radius 2 is 2.35 bits per heavy atom. The lowest BCUT2D eigenvalue weighted by molar-refractivity contribution is 0.102. The molecule has 0 aromatic carbocycles. The minimum atomic E-state index is -0.339. The molecule has 88 valence electrons. The van der Waals surface area contributed by atoms with Crippen LogP contribution in [0, 0.1) is 6.92 Å². The molecule has 0 bridgehead atoms. The highest BCUT2D eigenvalue weighted by molar-refractivity contribution is 6.07. The molecule has 0 aliphatic carbocycles. The van der Waals surface area contributed by atoms with Gasteiger partial charge >= 0.3 is 0 Å². The number of hydrazine groups is 1. The number of rotatable bonds is 3. The zero-order chi connectivity index (χ0) is 12.3. The van der Waals surface area contributed by atoms with Crippen LogP contribution in [-0.2, 0) is 0 Å². The summed E-state index contributed by atoms with van der Waals surface area (Å²) in [6, 6.07) is 3.17. The van der Waals surface area contributed by atoms with Crippen molar-refractivity contribution in [3.8, 4) is 0 Å². The van der Waals surface area contributed by atoms with Gasteiger partial charge < -0.3 is 15.3 Å². The van der Waals surface area contributed by atoms with Crippen LogP contribution in [0.1, 0.15) is 16.1 Å². The molecule has 0 aliphatic heterocycles. The maximum Gasteiger partial charge on any atom is 0.259 e. The van der Waals surface area contributed by atoms with Crippen molar-refractivity contribution >= 4 is 17.4 Å². The maximum absolute atomic E-state index is 11.9. The summed E-state index contributed by atoms with van der Waals surface area (Å²) in [6.45, 7) is 1.74. The third-order valence-electron chi connectivity index (χ3n) is 2.09. The van der Waals surface area contributed by atoms with E-state index < -0.39 is 0 Å². The lowest BCUT2D eigenvalue weighted by Gasteiger charge is -2.06. The Bertz CT molecular complexity index is 537. The molecule has 0 saturated carbocycles. The van der Waals surface area contributed by atoms with Gasteiger partial charge in [0.15, 0.2) is 5.82 Å². The van der Waals surface area contributed by atoms with Gasteiger partial charge in [0.25, 0.3) is 5.91 Å². The Balaban J connectivity index is 2.20. The van der Waals surface area contributed by atoms with Gasteiger partial charge in [-0.1, -0.05) is 5.16 Å². The Kier molecular flexibility index (Phi) is 3.01. The van der Waals surface area contributed by atoms with Gasteiger partial charge in [-0.25, -0.2) is 0 Å². The molecule has 0 aliphatic rings. The summed E-state index contributed by atoms with van der Waals surface area (Å²) in [4.78, 5) is 15.7. The van der Waals surface area contributed by atoms with E-state index in [9.17, 15) is 4.79 Å². The van der Waals surface area contributed by atoms with E-state index in [2.05, 4.69) is 20.9 Å². The number of hydrogen-bond acceptors (Lipinski definition) is 6. The number of aromatic nitrogens is 2. The van der Waals surface area contributed by atoms with Crippen LogP contribution in [0.25, 0.3) is 0 Å². The van der Waals surface area contributed by atoms with Gasteiger partial charge in [0.05, 0.1) is 17.4 Å². The fraction of sp³-hybridized carbons (Fsp3) is 0.100. The lowest BCUT2D eigenvalue weighted by atomic mass is 10.2. The van der Waals surface area contributed by atoms with Crippen molar-refractivity contribution in [1.29, 1.82) is 0 Å². The van der Waals surface area contributed by atoms with E-state index in [-0.39, 0.29) is 5.91 Å². The molecule has 2 rings (SSSR count). The minimum Gasteiger partial charge on any atom is -0.360 e. The Hall–Kier alpha value is -2.41. The number of pyridine rings is 1. The van der Waals surface area contributed by atoms with Crippen molar-refractivity contribution in [2.45, 2.75) is 6.92 Å². The summed E-state index contributed by atoms with van der Waals surface area (Å²) in [5.41, 5.74) is 3.21. The Morgan fingerprint density at radius 1 is 1.53 bits per heavy atom. The zero-order valence-corrected chi connectivity index (χ0v) is 9.10. The number of aryl methyl sites for hydroxylation is 1. The average Bonchev–Trinajstić information content (AvgIpc) is 2.74. The number of carbonyl (C=O) groups excluding carboxylic acids is 1. The predicted molar refractivity (Wildman–Crippen MR) is 61.2 cm³/mol. The average molecular weight is 233 g/mol. The van der Waals surface area contributed by atoms with Crippen LogP contribution >= 0.6 is 0 Å². The minimum absolute atomic E-state index is 0.339. The quantitative estimate of drug-likeness (QED) is 0.537. The maximum atomic E-state index is 11.9. The molecule has 0 atom stereocenters. The van der Waals surface area contributed by atoms with Crippen LogP contribution in [0.3, 0.4) is 0 Å². The molecule has 4 N–H and O–H groups in total. The molecule has 2 heterocycles. The highest BCUT2D eigenvalue weighted by atomic mass is 16.5. The number of anilines is 2. The molecule has 17 heavy (non-hydrogen) atoms. The Labute approximate surface area is 97.0 Å². The summed E-state index contributed by atoms with van der Waals surface area (Å²) < 4.78 is 4.84. The van der Waals surface area contributed by atoms with Crippen molar-refractivity contribution in [2.75, 3.05) is 10.7 Å². The van der Waals surface area contributed by atoms with Gasteiger partial charge in [-0.2, -0.15) is 0 Å². The Morgan fingerprint density at radius 3 is 3.00 bits per heavy atom. The molecule has 2 aromatic rings. The number of hydrogen-bond donors (Lipinski definition) is 3. The SMILES string of the molecule is Cc1cc(NC(=O)c2ccncc2NN)no1. The van der Waals surface area contributed by atoms with Crippen LogP contribution in [0.4, 0.5) is 11.5 Å². The smallest absolute Gasteiger partial charge is 0.259 e. The number of amides is 1. The number of nitrogens with one attached hydrogen (secondary N) is 2. The first-order valence-corrected chi connectivity index (χ1v) is 4.86. The number of nitrogen functional groups attached to an aromatic ring is 1. The first-order chi connectivity index (χ1) is 8.20. The number of nitrogens with two attached hydrogens (primary N) is 1. The van der Waals surface area contributed by atoms with Crippen LogP contribution in [0.5, 0.6) is 0 Å². The van der Waals surface area contributed by atoms with Gasteiger partial charge in [0.2, 0.25) is 0 Å². The lowest BCUT2D eigenvalue weighted by Crippen LogP contribution is -2.17. The fourth-order valence-electron chi connectivity index (χ4n) is 1.32. The van der Waals surface area contributed by atoms with Gasteiger partial charge in [-0.05, 0) is 13.0 Å². The summed E-state index contributed by atoms with van der Waals surface area (Å²) >= 11 is 0. The second kappa shape index (κ2) is 4.62. The van der Waals surface area contributed by atoms with Gasteiger partial charge in [0, 0.05) is 12.3 Å². The normalized spacial score (nSPS) is 10.0. The fourth-order valence-corrected chi connectivity index (χ4v) is 1.32. The molecule has 0 radical (unpaired) electrons. The van der Waals surface area contributed by atoms with E-state index in [0.29, 0.717) is 22.8 Å². The third-order valence-corrected chi connectivity index (χ3v) is 2.09. The first kappa shape index (κ1) is 11.1. The molecule has 2 aromatic heterocycles. The highest BCUT2D eigenvalue weighted by Crippen LogP contribution is 2.14. The van der Waals surface area contributed by atoms with Gasteiger partial charge in [0.1, 0.15) is 5.76 Å². The summed E-state index contributed by atoms with van der Waals surface area (Å²) in [6.07, 6.45) is 2.97. The van der Waals surface area contributed by atoms with Crippen molar-refractivity contribution in [2.24, 2.45) is 5.84 Å². The van der Waals surface area contributed by atoms with Crippen molar-refractivity contribution in [3.05, 3.63) is 35.9 Å². The summed E-state index contributed by atoms with van der Waals surface area (Å²) in [5.74, 6) is 5.91.